The van der Waals surface area contributed by atoms with Crippen molar-refractivity contribution in [1.82, 2.24) is 9.80 Å². The molecule has 1 aliphatic carbocycles. The Labute approximate surface area is 148 Å². The highest BCUT2D eigenvalue weighted by Gasteiger charge is 2.14. The van der Waals surface area contributed by atoms with E-state index in [1.807, 2.05) is 12.1 Å². The zero-order valence-electron chi connectivity index (χ0n) is 15.5. The molecule has 0 amide bonds. The van der Waals surface area contributed by atoms with Gasteiger partial charge in [0.05, 0.1) is 0 Å². The van der Waals surface area contributed by atoms with Gasteiger partial charge in [-0.25, -0.2) is 0 Å². The van der Waals surface area contributed by atoms with Gasteiger partial charge in [-0.1, -0.05) is 31.2 Å². The minimum absolute atomic E-state index is 0.346. The van der Waals surface area contributed by atoms with E-state index in [0.29, 0.717) is 5.75 Å². The van der Waals surface area contributed by atoms with Crippen molar-refractivity contribution in [3.8, 4) is 5.75 Å². The van der Waals surface area contributed by atoms with E-state index < -0.39 is 0 Å². The van der Waals surface area contributed by atoms with Crippen molar-refractivity contribution in [1.29, 1.82) is 0 Å². The van der Waals surface area contributed by atoms with Crippen molar-refractivity contribution in [3.63, 3.8) is 0 Å². The molecule has 0 bridgehead atoms. The van der Waals surface area contributed by atoms with Crippen LogP contribution in [0.1, 0.15) is 44.6 Å². The molecule has 1 saturated heterocycles. The van der Waals surface area contributed by atoms with Crippen LogP contribution in [0.15, 0.2) is 36.4 Å². The zero-order chi connectivity index (χ0) is 17.2. The first-order valence-corrected chi connectivity index (χ1v) is 9.51. The Morgan fingerprint density at radius 3 is 2.33 bits per heavy atom. The first kappa shape index (κ1) is 19.0. The van der Waals surface area contributed by atoms with Crippen molar-refractivity contribution in [2.45, 2.75) is 45.6 Å². The van der Waals surface area contributed by atoms with E-state index in [2.05, 4.69) is 35.9 Å². The molecule has 3 heteroatoms. The number of nitrogens with zero attached hydrogens (tertiary/aromatic N) is 2. The van der Waals surface area contributed by atoms with Crippen LogP contribution in [-0.2, 0) is 6.54 Å². The summed E-state index contributed by atoms with van der Waals surface area (Å²) in [6.45, 7) is 8.11. The van der Waals surface area contributed by atoms with Crippen molar-refractivity contribution in [2.24, 2.45) is 5.92 Å². The van der Waals surface area contributed by atoms with Crippen LogP contribution in [0.25, 0.3) is 0 Å². The molecule has 0 aromatic heterocycles. The molecule has 0 spiro atoms. The number of hydrogen-bond acceptors (Lipinski definition) is 3. The molecule has 3 rings (SSSR count). The first-order chi connectivity index (χ1) is 11.7. The number of phenolic OH excluding ortho intramolecular Hbond substituents is 1. The summed E-state index contributed by atoms with van der Waals surface area (Å²) < 4.78 is 0. The summed E-state index contributed by atoms with van der Waals surface area (Å²) in [6.07, 6.45) is 11.2. The predicted molar refractivity (Wildman–Crippen MR) is 102 cm³/mol. The second-order valence-corrected chi connectivity index (χ2v) is 7.16. The van der Waals surface area contributed by atoms with Crippen LogP contribution in [-0.4, -0.2) is 48.1 Å². The van der Waals surface area contributed by atoms with Gasteiger partial charge in [-0.05, 0) is 82.4 Å². The summed E-state index contributed by atoms with van der Waals surface area (Å²) in [5, 5.41) is 9.29. The van der Waals surface area contributed by atoms with E-state index in [9.17, 15) is 5.11 Å². The van der Waals surface area contributed by atoms with Gasteiger partial charge in [0.1, 0.15) is 5.75 Å². The number of likely N-dealkylation sites (tertiary alicyclic amines) is 1. The lowest BCUT2D eigenvalue weighted by Gasteiger charge is -2.27. The zero-order valence-corrected chi connectivity index (χ0v) is 15.5. The summed E-state index contributed by atoms with van der Waals surface area (Å²) in [4.78, 5) is 4.86. The quantitative estimate of drug-likeness (QED) is 0.816. The average Bonchev–Trinajstić information content (AvgIpc) is 3.09. The Morgan fingerprint density at radius 2 is 1.83 bits per heavy atom. The number of benzene rings is 1. The highest BCUT2D eigenvalue weighted by Crippen LogP contribution is 2.20. The second-order valence-electron chi connectivity index (χ2n) is 7.16. The molecule has 0 saturated carbocycles. The van der Waals surface area contributed by atoms with Crippen LogP contribution >= 0.6 is 0 Å². The third kappa shape index (κ3) is 7.06. The molecule has 3 nitrogen and oxygen atoms in total. The molecule has 1 aromatic carbocycles. The number of phenols is 1. The maximum Gasteiger partial charge on any atom is 0.115 e. The summed E-state index contributed by atoms with van der Waals surface area (Å²) in [5.74, 6) is 1.16. The fourth-order valence-electron chi connectivity index (χ4n) is 3.43. The van der Waals surface area contributed by atoms with Crippen LogP contribution in [0.2, 0.25) is 0 Å². The molecule has 1 fully saturated rings. The molecular weight excluding hydrogens is 296 g/mol. The molecular formula is C21H34N2O. The van der Waals surface area contributed by atoms with Gasteiger partial charge in [0.15, 0.2) is 0 Å². The molecule has 2 aliphatic rings. The third-order valence-electron chi connectivity index (χ3n) is 5.01. The van der Waals surface area contributed by atoms with Crippen molar-refractivity contribution in [2.75, 3.05) is 33.2 Å². The van der Waals surface area contributed by atoms with Crippen molar-refractivity contribution < 1.29 is 5.11 Å². The molecule has 1 aromatic rings. The van der Waals surface area contributed by atoms with Crippen LogP contribution in [0.5, 0.6) is 5.75 Å². The van der Waals surface area contributed by atoms with Gasteiger partial charge < -0.3 is 10.0 Å². The van der Waals surface area contributed by atoms with Crippen LogP contribution in [0.3, 0.4) is 0 Å². The summed E-state index contributed by atoms with van der Waals surface area (Å²) in [5.41, 5.74) is 1.28. The minimum atomic E-state index is 0.346. The number of hydrogen-bond donors (Lipinski definition) is 1. The largest absolute Gasteiger partial charge is 0.508 e. The van der Waals surface area contributed by atoms with Crippen molar-refractivity contribution in [3.05, 3.63) is 42.0 Å². The highest BCUT2D eigenvalue weighted by atomic mass is 16.3. The van der Waals surface area contributed by atoms with Gasteiger partial charge >= 0.3 is 0 Å². The summed E-state index contributed by atoms with van der Waals surface area (Å²) in [6, 6.07) is 7.57. The van der Waals surface area contributed by atoms with Gasteiger partial charge in [-0.2, -0.15) is 0 Å². The van der Waals surface area contributed by atoms with E-state index in [-0.39, 0.29) is 0 Å². The first-order valence-electron chi connectivity index (χ1n) is 9.51. The Hall–Kier alpha value is -1.32. The maximum absolute atomic E-state index is 9.29. The van der Waals surface area contributed by atoms with Gasteiger partial charge in [0, 0.05) is 13.1 Å². The lowest BCUT2D eigenvalue weighted by Crippen LogP contribution is -2.29. The van der Waals surface area contributed by atoms with Gasteiger partial charge in [0.25, 0.3) is 0 Å². The summed E-state index contributed by atoms with van der Waals surface area (Å²) in [7, 11) is 2.17. The minimum Gasteiger partial charge on any atom is -0.508 e. The Kier molecular flexibility index (Phi) is 8.34. The highest BCUT2D eigenvalue weighted by molar-refractivity contribution is 5.25. The second kappa shape index (κ2) is 10.5. The van der Waals surface area contributed by atoms with E-state index in [0.717, 1.165) is 19.0 Å². The Balaban J connectivity index is 0.000000292. The van der Waals surface area contributed by atoms with Crippen LogP contribution in [0.4, 0.5) is 0 Å². The molecule has 1 aliphatic heterocycles. The number of allylic oxidation sites excluding steroid dienone is 2. The van der Waals surface area contributed by atoms with Crippen molar-refractivity contribution >= 4 is 0 Å². The van der Waals surface area contributed by atoms with Crippen LogP contribution < -0.4 is 0 Å². The smallest absolute Gasteiger partial charge is 0.115 e. The monoisotopic (exact) mass is 330 g/mol. The molecule has 1 heterocycles. The molecule has 0 radical (unpaired) electrons. The standard InChI is InChI=1S/C16H23NO.C5H11N/c1-2-17(12-14-6-4-3-5-7-14)13-15-8-10-16(18)11-9-15;1-6-4-2-3-5-6/h3-4,8-11,14,18H,2,5-7,12-13H2,1H3;2-5H2,1H3. The normalized spacial score (nSPS) is 20.9. The SMILES string of the molecule is CCN(Cc1ccc(O)cc1)CC1CC=CCC1.CN1CCCC1. The van der Waals surface area contributed by atoms with E-state index in [4.69, 9.17) is 0 Å². The lowest BCUT2D eigenvalue weighted by atomic mass is 9.94. The molecule has 134 valence electrons. The number of rotatable bonds is 5. The summed E-state index contributed by atoms with van der Waals surface area (Å²) >= 11 is 0. The molecule has 1 unspecified atom stereocenters. The fourth-order valence-corrected chi connectivity index (χ4v) is 3.43. The predicted octanol–water partition coefficient (Wildman–Crippen LogP) is 4.28. The van der Waals surface area contributed by atoms with Crippen LogP contribution in [0, 0.1) is 5.92 Å². The maximum atomic E-state index is 9.29. The number of aromatic hydroxyl groups is 1. The molecule has 24 heavy (non-hydrogen) atoms. The van der Waals surface area contributed by atoms with Gasteiger partial charge in [-0.15, -0.1) is 0 Å². The molecule has 1 atom stereocenters. The van der Waals surface area contributed by atoms with E-state index in [1.165, 1.54) is 57.3 Å². The van der Waals surface area contributed by atoms with E-state index in [1.54, 1.807) is 12.1 Å². The topological polar surface area (TPSA) is 26.7 Å². The lowest BCUT2D eigenvalue weighted by molar-refractivity contribution is 0.225. The average molecular weight is 331 g/mol. The van der Waals surface area contributed by atoms with E-state index >= 15 is 0 Å². The Morgan fingerprint density at radius 1 is 1.12 bits per heavy atom. The third-order valence-corrected chi connectivity index (χ3v) is 5.01. The molecule has 1 N–H and O–H groups in total. The fraction of sp³-hybridized carbons (Fsp3) is 0.619. The van der Waals surface area contributed by atoms with Gasteiger partial charge in [-0.3, -0.25) is 4.90 Å². The Bertz CT molecular complexity index is 477. The van der Waals surface area contributed by atoms with Gasteiger partial charge in [0.2, 0.25) is 0 Å².